The van der Waals surface area contributed by atoms with Gasteiger partial charge in [-0.2, -0.15) is 0 Å². The van der Waals surface area contributed by atoms with E-state index in [2.05, 4.69) is 20.2 Å². The quantitative estimate of drug-likeness (QED) is 0.427. The number of fused-ring (bicyclic) bond motifs is 5. The summed E-state index contributed by atoms with van der Waals surface area (Å²) >= 11 is 0. The Bertz CT molecular complexity index is 746. The molecule has 0 aliphatic rings. The Morgan fingerprint density at radius 2 is 2.00 bits per heavy atom. The van der Waals surface area contributed by atoms with Crippen LogP contribution in [0.15, 0.2) is 36.7 Å². The lowest BCUT2D eigenvalue weighted by molar-refractivity contribution is -0.722. The van der Waals surface area contributed by atoms with Crippen LogP contribution >= 0.6 is 0 Å². The Kier molecular flexibility index (Phi) is 1.23. The first-order valence-electron chi connectivity index (χ1n) is 4.92. The number of nitrogens with one attached hydrogen (secondary N) is 1. The second-order valence-electron chi connectivity index (χ2n) is 3.53. The minimum atomic E-state index is 0.723. The van der Waals surface area contributed by atoms with Crippen LogP contribution in [-0.4, -0.2) is 24.7 Å². The standard InChI is InChI=1S/C10H7N6/c1-2-4-8-7(3-1)13-16-14-9-10(15(8)16)12-6-5-11-9/h1-6H,(H,11,13,14)/q+1. The summed E-state index contributed by atoms with van der Waals surface area (Å²) in [4.78, 5) is 8.50. The first-order valence-corrected chi connectivity index (χ1v) is 4.92. The van der Waals surface area contributed by atoms with Gasteiger partial charge in [-0.15, -0.1) is 0 Å². The minimum absolute atomic E-state index is 0.723. The van der Waals surface area contributed by atoms with E-state index in [1.807, 2.05) is 28.8 Å². The summed E-state index contributed by atoms with van der Waals surface area (Å²) in [6.45, 7) is 0. The molecule has 0 unspecified atom stereocenters. The molecule has 16 heavy (non-hydrogen) atoms. The number of aromatic nitrogens is 6. The maximum absolute atomic E-state index is 4.40. The molecule has 0 atom stereocenters. The van der Waals surface area contributed by atoms with Crippen molar-refractivity contribution in [3.8, 4) is 0 Å². The zero-order chi connectivity index (χ0) is 10.5. The molecule has 1 N–H and O–H groups in total. The van der Waals surface area contributed by atoms with Crippen LogP contribution in [0.3, 0.4) is 0 Å². The third-order valence-corrected chi connectivity index (χ3v) is 2.59. The molecule has 0 amide bonds. The van der Waals surface area contributed by atoms with Gasteiger partial charge >= 0.3 is 0 Å². The van der Waals surface area contributed by atoms with Gasteiger partial charge < -0.3 is 0 Å². The maximum Gasteiger partial charge on any atom is 0.248 e. The van der Waals surface area contributed by atoms with Crippen LogP contribution in [0.4, 0.5) is 0 Å². The molecule has 1 aromatic carbocycles. The number of para-hydroxylation sites is 1. The van der Waals surface area contributed by atoms with Crippen LogP contribution < -0.4 is 4.74 Å². The molecule has 0 spiro atoms. The number of hydrogen-bond donors (Lipinski definition) is 1. The summed E-state index contributed by atoms with van der Waals surface area (Å²) in [7, 11) is 0. The molecule has 6 nitrogen and oxygen atoms in total. The normalized spacial score (nSPS) is 11.8. The van der Waals surface area contributed by atoms with E-state index in [1.165, 1.54) is 0 Å². The number of H-pyrrole nitrogens is 1. The largest absolute Gasteiger partial charge is 0.248 e. The van der Waals surface area contributed by atoms with Gasteiger partial charge in [0.05, 0.1) is 5.10 Å². The van der Waals surface area contributed by atoms with Crippen molar-refractivity contribution in [3.63, 3.8) is 0 Å². The lowest BCUT2D eigenvalue weighted by Crippen LogP contribution is -2.30. The van der Waals surface area contributed by atoms with Crippen LogP contribution in [0.2, 0.25) is 0 Å². The van der Waals surface area contributed by atoms with Crippen LogP contribution in [-0.2, 0) is 0 Å². The fourth-order valence-corrected chi connectivity index (χ4v) is 1.91. The Hall–Kier alpha value is -2.50. The monoisotopic (exact) mass is 211 g/mol. The maximum atomic E-state index is 4.40. The lowest BCUT2D eigenvalue weighted by Gasteiger charge is -1.84. The molecular weight excluding hydrogens is 204 g/mol. The average molecular weight is 211 g/mol. The third-order valence-electron chi connectivity index (χ3n) is 2.59. The molecule has 3 aromatic heterocycles. The fraction of sp³-hybridized carbons (Fsp3) is 0. The second kappa shape index (κ2) is 2.54. The van der Waals surface area contributed by atoms with Crippen molar-refractivity contribution in [2.75, 3.05) is 0 Å². The zero-order valence-corrected chi connectivity index (χ0v) is 8.20. The predicted molar refractivity (Wildman–Crippen MR) is 55.8 cm³/mol. The molecule has 0 bridgehead atoms. The Labute approximate surface area is 89.1 Å². The number of rotatable bonds is 0. The molecule has 0 aliphatic heterocycles. The molecule has 0 saturated carbocycles. The SMILES string of the molecule is c1ccc2c(c1)n[n+]1[nH]c3nccnc3n21. The average Bonchev–Trinajstić information content (AvgIpc) is 2.83. The summed E-state index contributed by atoms with van der Waals surface area (Å²) in [6.07, 6.45) is 3.33. The van der Waals surface area contributed by atoms with E-state index >= 15 is 0 Å². The number of aromatic amines is 1. The van der Waals surface area contributed by atoms with Crippen molar-refractivity contribution in [1.29, 1.82) is 0 Å². The van der Waals surface area contributed by atoms with Gasteiger partial charge in [0.2, 0.25) is 11.3 Å². The summed E-state index contributed by atoms with van der Waals surface area (Å²) in [6, 6.07) is 7.91. The Balaban J connectivity index is 2.38. The van der Waals surface area contributed by atoms with Gasteiger partial charge in [-0.3, -0.25) is 0 Å². The van der Waals surface area contributed by atoms with E-state index in [4.69, 9.17) is 0 Å². The van der Waals surface area contributed by atoms with Gasteiger partial charge in [0.1, 0.15) is 10.3 Å². The van der Waals surface area contributed by atoms with Crippen molar-refractivity contribution in [1.82, 2.24) is 24.7 Å². The first-order chi connectivity index (χ1) is 7.93. The van der Waals surface area contributed by atoms with E-state index in [1.54, 1.807) is 17.1 Å². The molecule has 3 heterocycles. The molecule has 0 radical (unpaired) electrons. The third kappa shape index (κ3) is 0.813. The lowest BCUT2D eigenvalue weighted by atomic mass is 10.3. The summed E-state index contributed by atoms with van der Waals surface area (Å²) in [5.74, 6) is 0. The highest BCUT2D eigenvalue weighted by Gasteiger charge is 2.18. The highest BCUT2D eigenvalue weighted by Crippen LogP contribution is 2.11. The van der Waals surface area contributed by atoms with Gasteiger partial charge in [-0.25, -0.2) is 9.97 Å². The minimum Gasteiger partial charge on any atom is -0.229 e. The summed E-state index contributed by atoms with van der Waals surface area (Å²) < 4.78 is 3.55. The van der Waals surface area contributed by atoms with E-state index in [0.717, 1.165) is 22.3 Å². The van der Waals surface area contributed by atoms with Gasteiger partial charge in [0.15, 0.2) is 5.52 Å². The number of nitrogens with zero attached hydrogens (tertiary/aromatic N) is 5. The first kappa shape index (κ1) is 7.75. The zero-order valence-electron chi connectivity index (χ0n) is 8.20. The molecular formula is C10H7N6+. The highest BCUT2D eigenvalue weighted by molar-refractivity contribution is 5.77. The fourth-order valence-electron chi connectivity index (χ4n) is 1.91. The summed E-state index contributed by atoms with van der Waals surface area (Å²) in [5.41, 5.74) is 3.43. The second-order valence-corrected chi connectivity index (χ2v) is 3.53. The molecule has 0 aliphatic carbocycles. The predicted octanol–water partition coefficient (Wildman–Crippen LogP) is 0.344. The van der Waals surface area contributed by atoms with Gasteiger partial charge in [-0.05, 0) is 16.6 Å². The molecule has 76 valence electrons. The van der Waals surface area contributed by atoms with E-state index in [-0.39, 0.29) is 0 Å². The smallest absolute Gasteiger partial charge is 0.229 e. The number of hydrogen-bond acceptors (Lipinski definition) is 3. The van der Waals surface area contributed by atoms with E-state index in [9.17, 15) is 0 Å². The molecule has 4 rings (SSSR count). The van der Waals surface area contributed by atoms with Crippen LogP contribution in [0.5, 0.6) is 0 Å². The van der Waals surface area contributed by atoms with Crippen molar-refractivity contribution < 1.29 is 4.74 Å². The topological polar surface area (TPSA) is 63.0 Å². The van der Waals surface area contributed by atoms with Gasteiger partial charge in [0.25, 0.3) is 0 Å². The molecule has 6 heteroatoms. The van der Waals surface area contributed by atoms with Crippen LogP contribution in [0.25, 0.3) is 22.3 Å². The van der Waals surface area contributed by atoms with E-state index < -0.39 is 0 Å². The Morgan fingerprint density at radius 1 is 1.12 bits per heavy atom. The van der Waals surface area contributed by atoms with Gasteiger partial charge in [0, 0.05) is 12.4 Å². The van der Waals surface area contributed by atoms with Crippen molar-refractivity contribution in [2.24, 2.45) is 0 Å². The number of benzene rings is 1. The van der Waals surface area contributed by atoms with Crippen LogP contribution in [0, 0.1) is 0 Å². The Morgan fingerprint density at radius 3 is 3.00 bits per heavy atom. The van der Waals surface area contributed by atoms with Crippen molar-refractivity contribution in [3.05, 3.63) is 36.7 Å². The summed E-state index contributed by atoms with van der Waals surface area (Å²) in [5, 5.41) is 7.46. The molecule has 0 saturated heterocycles. The van der Waals surface area contributed by atoms with Gasteiger partial charge in [-0.1, -0.05) is 17.2 Å². The van der Waals surface area contributed by atoms with E-state index in [0.29, 0.717) is 0 Å². The highest BCUT2D eigenvalue weighted by atomic mass is 15.6. The molecule has 0 fully saturated rings. The molecule has 4 aromatic rings. The van der Waals surface area contributed by atoms with Crippen molar-refractivity contribution in [2.45, 2.75) is 0 Å². The van der Waals surface area contributed by atoms with Crippen molar-refractivity contribution >= 4 is 22.3 Å². The van der Waals surface area contributed by atoms with Crippen LogP contribution in [0.1, 0.15) is 0 Å².